The van der Waals surface area contributed by atoms with Gasteiger partial charge < -0.3 is 9.84 Å². The van der Waals surface area contributed by atoms with E-state index in [0.29, 0.717) is 12.2 Å². The summed E-state index contributed by atoms with van der Waals surface area (Å²) >= 11 is 0. The molecule has 0 heterocycles. The first-order chi connectivity index (χ1) is 13.7. The van der Waals surface area contributed by atoms with Crippen LogP contribution in [0.25, 0.3) is 0 Å². The molecule has 1 aromatic rings. The van der Waals surface area contributed by atoms with Gasteiger partial charge in [0.2, 0.25) is 0 Å². The lowest BCUT2D eigenvalue weighted by molar-refractivity contribution is 0.0497. The maximum absolute atomic E-state index is 11.8. The highest BCUT2D eigenvalue weighted by Crippen LogP contribution is 2.12. The Labute approximate surface area is 172 Å². The molecule has 0 aliphatic heterocycles. The number of esters is 1. The van der Waals surface area contributed by atoms with Gasteiger partial charge in [-0.15, -0.1) is 0 Å². The van der Waals surface area contributed by atoms with Gasteiger partial charge in [0.25, 0.3) is 0 Å². The van der Waals surface area contributed by atoms with Crippen molar-refractivity contribution in [2.45, 2.75) is 96.8 Å². The molecule has 1 rings (SSSR count). The summed E-state index contributed by atoms with van der Waals surface area (Å²) in [4.78, 5) is 11.8. The second kappa shape index (κ2) is 17.3. The molecule has 158 valence electrons. The lowest BCUT2D eigenvalue weighted by Crippen LogP contribution is -2.06. The van der Waals surface area contributed by atoms with Crippen LogP contribution in [0.15, 0.2) is 36.4 Å². The number of benzene rings is 1. The molecule has 0 radical (unpaired) electrons. The molecule has 0 bridgehead atoms. The molecule has 0 atom stereocenters. The molecule has 0 aromatic heterocycles. The molecule has 0 saturated carbocycles. The average Bonchev–Trinajstić information content (AvgIpc) is 2.70. The zero-order valence-corrected chi connectivity index (χ0v) is 17.8. The van der Waals surface area contributed by atoms with Crippen LogP contribution in [0.3, 0.4) is 0 Å². The SMILES string of the molecule is CCCCCC/C=C/CCCCCCCCCCOC(=O)c1ccc(O)cc1. The van der Waals surface area contributed by atoms with E-state index in [4.69, 9.17) is 4.74 Å². The van der Waals surface area contributed by atoms with Gasteiger partial charge in [0, 0.05) is 0 Å². The molecule has 0 fully saturated rings. The Bertz CT molecular complexity index is 519. The Balaban J connectivity index is 1.82. The molecule has 3 heteroatoms. The van der Waals surface area contributed by atoms with Crippen LogP contribution in [0.1, 0.15) is 107 Å². The van der Waals surface area contributed by atoms with Crippen LogP contribution in [0.5, 0.6) is 5.75 Å². The summed E-state index contributed by atoms with van der Waals surface area (Å²) in [7, 11) is 0. The van der Waals surface area contributed by atoms with Crippen LogP contribution in [-0.2, 0) is 4.74 Å². The fourth-order valence-corrected chi connectivity index (χ4v) is 3.20. The van der Waals surface area contributed by atoms with Crippen LogP contribution in [0.4, 0.5) is 0 Å². The van der Waals surface area contributed by atoms with Crippen molar-refractivity contribution in [2.75, 3.05) is 6.61 Å². The normalized spacial score (nSPS) is 11.2. The molecular weight excluding hydrogens is 348 g/mol. The quantitative estimate of drug-likeness (QED) is 0.170. The predicted octanol–water partition coefficient (Wildman–Crippen LogP) is 7.59. The molecule has 0 unspecified atom stereocenters. The number of rotatable bonds is 17. The van der Waals surface area contributed by atoms with Crippen molar-refractivity contribution >= 4 is 5.97 Å². The van der Waals surface area contributed by atoms with Gasteiger partial charge in [-0.2, -0.15) is 0 Å². The third-order valence-electron chi connectivity index (χ3n) is 4.99. The summed E-state index contributed by atoms with van der Waals surface area (Å²) in [5.74, 6) is -0.152. The van der Waals surface area contributed by atoms with E-state index in [2.05, 4.69) is 19.1 Å². The minimum atomic E-state index is -0.310. The van der Waals surface area contributed by atoms with Gasteiger partial charge in [-0.1, -0.05) is 76.9 Å². The van der Waals surface area contributed by atoms with Gasteiger partial charge in [0.05, 0.1) is 12.2 Å². The van der Waals surface area contributed by atoms with Crippen LogP contribution >= 0.6 is 0 Å². The lowest BCUT2D eigenvalue weighted by atomic mass is 10.1. The van der Waals surface area contributed by atoms with Crippen LogP contribution in [-0.4, -0.2) is 17.7 Å². The molecule has 0 aliphatic rings. The molecule has 0 amide bonds. The minimum absolute atomic E-state index is 0.158. The second-order valence-corrected chi connectivity index (χ2v) is 7.62. The van der Waals surface area contributed by atoms with E-state index in [9.17, 15) is 9.90 Å². The smallest absolute Gasteiger partial charge is 0.338 e. The number of carbonyl (C=O) groups excluding carboxylic acids is 1. The Kier molecular flexibility index (Phi) is 15.0. The fourth-order valence-electron chi connectivity index (χ4n) is 3.20. The fraction of sp³-hybridized carbons (Fsp3) is 0.640. The van der Waals surface area contributed by atoms with Crippen molar-refractivity contribution in [3.8, 4) is 5.75 Å². The van der Waals surface area contributed by atoms with Crippen molar-refractivity contribution in [3.63, 3.8) is 0 Å². The summed E-state index contributed by atoms with van der Waals surface area (Å²) in [5.41, 5.74) is 0.490. The maximum atomic E-state index is 11.8. The van der Waals surface area contributed by atoms with E-state index in [-0.39, 0.29) is 11.7 Å². The number of unbranched alkanes of at least 4 members (excludes halogenated alkanes) is 12. The minimum Gasteiger partial charge on any atom is -0.508 e. The lowest BCUT2D eigenvalue weighted by Gasteiger charge is -2.05. The van der Waals surface area contributed by atoms with Crippen molar-refractivity contribution in [3.05, 3.63) is 42.0 Å². The Morgan fingerprint density at radius 1 is 0.786 bits per heavy atom. The number of phenolic OH excluding ortho intramolecular Hbond substituents is 1. The third kappa shape index (κ3) is 13.4. The first-order valence-electron chi connectivity index (χ1n) is 11.3. The van der Waals surface area contributed by atoms with Crippen LogP contribution < -0.4 is 0 Å². The Morgan fingerprint density at radius 2 is 1.29 bits per heavy atom. The summed E-state index contributed by atoms with van der Waals surface area (Å²) in [6.07, 6.45) is 22.5. The highest BCUT2D eigenvalue weighted by molar-refractivity contribution is 5.89. The van der Waals surface area contributed by atoms with E-state index in [0.717, 1.165) is 12.8 Å². The molecule has 28 heavy (non-hydrogen) atoms. The monoisotopic (exact) mass is 388 g/mol. The van der Waals surface area contributed by atoms with E-state index < -0.39 is 0 Å². The van der Waals surface area contributed by atoms with Crippen molar-refractivity contribution in [2.24, 2.45) is 0 Å². The Morgan fingerprint density at radius 3 is 1.86 bits per heavy atom. The van der Waals surface area contributed by atoms with E-state index >= 15 is 0 Å². The summed E-state index contributed by atoms with van der Waals surface area (Å²) in [6, 6.07) is 6.17. The van der Waals surface area contributed by atoms with Gasteiger partial charge in [0.15, 0.2) is 0 Å². The molecule has 0 spiro atoms. The topological polar surface area (TPSA) is 46.5 Å². The maximum Gasteiger partial charge on any atom is 0.338 e. The molecule has 1 N–H and O–H groups in total. The number of allylic oxidation sites excluding steroid dienone is 2. The molecule has 3 nitrogen and oxygen atoms in total. The first kappa shape index (κ1) is 24.3. The Hall–Kier alpha value is -1.77. The summed E-state index contributed by atoms with van der Waals surface area (Å²) < 4.78 is 5.26. The van der Waals surface area contributed by atoms with Gasteiger partial charge in [0.1, 0.15) is 5.75 Å². The molecule has 1 aromatic carbocycles. The molecular formula is C25H40O3. The van der Waals surface area contributed by atoms with Gasteiger partial charge >= 0.3 is 5.97 Å². The van der Waals surface area contributed by atoms with Crippen molar-refractivity contribution < 1.29 is 14.6 Å². The van der Waals surface area contributed by atoms with Gasteiger partial charge in [-0.3, -0.25) is 0 Å². The number of phenols is 1. The first-order valence-corrected chi connectivity index (χ1v) is 11.3. The zero-order chi connectivity index (χ0) is 20.3. The van der Waals surface area contributed by atoms with Crippen LogP contribution in [0, 0.1) is 0 Å². The number of aromatic hydroxyl groups is 1. The predicted molar refractivity (Wildman–Crippen MR) is 118 cm³/mol. The zero-order valence-electron chi connectivity index (χ0n) is 17.8. The average molecular weight is 389 g/mol. The van der Waals surface area contributed by atoms with Gasteiger partial charge in [-0.05, 0) is 56.4 Å². The third-order valence-corrected chi connectivity index (χ3v) is 4.99. The van der Waals surface area contributed by atoms with Crippen LogP contribution in [0.2, 0.25) is 0 Å². The van der Waals surface area contributed by atoms with Crippen molar-refractivity contribution in [1.82, 2.24) is 0 Å². The second-order valence-electron chi connectivity index (χ2n) is 7.62. The highest BCUT2D eigenvalue weighted by atomic mass is 16.5. The van der Waals surface area contributed by atoms with Gasteiger partial charge in [-0.25, -0.2) is 4.79 Å². The molecule has 0 saturated heterocycles. The van der Waals surface area contributed by atoms with E-state index in [1.807, 2.05) is 0 Å². The number of ether oxygens (including phenoxy) is 1. The number of hydrogen-bond donors (Lipinski definition) is 1. The standard InChI is InChI=1S/C25H40O3/c1-2-3-4-5-6-7-8-9-10-11-12-13-14-15-16-17-22-28-25(27)23-18-20-24(26)21-19-23/h7-8,18-21,26H,2-6,9-17,22H2,1H3/b8-7+. The van der Waals surface area contributed by atoms with E-state index in [1.54, 1.807) is 12.1 Å². The largest absolute Gasteiger partial charge is 0.508 e. The van der Waals surface area contributed by atoms with Crippen molar-refractivity contribution in [1.29, 1.82) is 0 Å². The highest BCUT2D eigenvalue weighted by Gasteiger charge is 2.06. The number of carbonyl (C=O) groups is 1. The summed E-state index contributed by atoms with van der Waals surface area (Å²) in [5, 5.41) is 9.22. The summed E-state index contributed by atoms with van der Waals surface area (Å²) in [6.45, 7) is 2.73. The van der Waals surface area contributed by atoms with E-state index in [1.165, 1.54) is 89.2 Å². The number of hydrogen-bond acceptors (Lipinski definition) is 3. The molecule has 0 aliphatic carbocycles.